The van der Waals surface area contributed by atoms with E-state index in [-0.39, 0.29) is 17.5 Å². The Balaban J connectivity index is 1.78. The van der Waals surface area contributed by atoms with Crippen molar-refractivity contribution in [3.63, 3.8) is 0 Å². The molecular formula is C19H30N4O2. The molecular weight excluding hydrogens is 316 g/mol. The van der Waals surface area contributed by atoms with Crippen LogP contribution >= 0.6 is 0 Å². The Morgan fingerprint density at radius 1 is 1.16 bits per heavy atom. The first-order chi connectivity index (χ1) is 12.2. The number of likely N-dealkylation sites (tertiary alicyclic amines) is 2. The monoisotopic (exact) mass is 346 g/mol. The first-order valence-corrected chi connectivity index (χ1v) is 9.79. The molecule has 1 aromatic heterocycles. The standard InChI is InChI=1S/C19H30N4O2/c1-3-5-14-23-18(24)11-10-15(20-23)19(25)22-13-7-9-17(22)16-8-6-12-21(16)4-2/h10-11,16-17H,3-9,12-14H2,1-2H3/t16-,17-/m0/s1. The largest absolute Gasteiger partial charge is 0.333 e. The lowest BCUT2D eigenvalue weighted by molar-refractivity contribution is 0.0641. The fraction of sp³-hybridized carbons (Fsp3) is 0.737. The maximum Gasteiger partial charge on any atom is 0.274 e. The third kappa shape index (κ3) is 3.78. The molecule has 2 saturated heterocycles. The van der Waals surface area contributed by atoms with Crippen LogP contribution in [0.4, 0.5) is 0 Å². The smallest absolute Gasteiger partial charge is 0.274 e. The van der Waals surface area contributed by atoms with E-state index in [9.17, 15) is 9.59 Å². The van der Waals surface area contributed by atoms with Crippen LogP contribution in [0.5, 0.6) is 0 Å². The van der Waals surface area contributed by atoms with Gasteiger partial charge in [0.1, 0.15) is 5.69 Å². The number of amides is 1. The predicted octanol–water partition coefficient (Wildman–Crippen LogP) is 2.13. The van der Waals surface area contributed by atoms with Crippen LogP contribution in [0.2, 0.25) is 0 Å². The number of carbonyl (C=O) groups excluding carboxylic acids is 1. The molecule has 25 heavy (non-hydrogen) atoms. The number of aryl methyl sites for hydroxylation is 1. The topological polar surface area (TPSA) is 58.4 Å². The fourth-order valence-electron chi connectivity index (χ4n) is 4.30. The highest BCUT2D eigenvalue weighted by Gasteiger charge is 2.39. The zero-order valence-corrected chi connectivity index (χ0v) is 15.5. The van der Waals surface area contributed by atoms with E-state index in [4.69, 9.17) is 0 Å². The Morgan fingerprint density at radius 3 is 2.68 bits per heavy atom. The van der Waals surface area contributed by atoms with Gasteiger partial charge >= 0.3 is 0 Å². The van der Waals surface area contributed by atoms with Gasteiger partial charge in [0.2, 0.25) is 0 Å². The number of rotatable bonds is 6. The molecule has 1 amide bonds. The van der Waals surface area contributed by atoms with Crippen LogP contribution in [-0.4, -0.2) is 57.2 Å². The molecule has 138 valence electrons. The summed E-state index contributed by atoms with van der Waals surface area (Å²) >= 11 is 0. The van der Waals surface area contributed by atoms with Crippen LogP contribution in [0.3, 0.4) is 0 Å². The zero-order chi connectivity index (χ0) is 17.8. The van der Waals surface area contributed by atoms with Crippen LogP contribution in [-0.2, 0) is 6.54 Å². The molecule has 6 nitrogen and oxygen atoms in total. The van der Waals surface area contributed by atoms with Crippen molar-refractivity contribution in [1.29, 1.82) is 0 Å². The number of unbranched alkanes of at least 4 members (excludes halogenated alkanes) is 1. The Hall–Kier alpha value is -1.69. The predicted molar refractivity (Wildman–Crippen MR) is 97.7 cm³/mol. The van der Waals surface area contributed by atoms with E-state index < -0.39 is 0 Å². The molecule has 6 heteroatoms. The van der Waals surface area contributed by atoms with Gasteiger partial charge in [-0.3, -0.25) is 14.5 Å². The molecule has 0 unspecified atom stereocenters. The van der Waals surface area contributed by atoms with Gasteiger partial charge in [-0.15, -0.1) is 0 Å². The quantitative estimate of drug-likeness (QED) is 0.792. The van der Waals surface area contributed by atoms with Crippen molar-refractivity contribution in [2.24, 2.45) is 0 Å². The summed E-state index contributed by atoms with van der Waals surface area (Å²) in [6.45, 7) is 7.84. The van der Waals surface area contributed by atoms with Crippen molar-refractivity contribution in [1.82, 2.24) is 19.6 Å². The molecule has 3 heterocycles. The third-order valence-corrected chi connectivity index (χ3v) is 5.63. The number of likely N-dealkylation sites (N-methyl/N-ethyl adjacent to an activating group) is 1. The lowest BCUT2D eigenvalue weighted by Gasteiger charge is -2.34. The summed E-state index contributed by atoms with van der Waals surface area (Å²) in [7, 11) is 0. The van der Waals surface area contributed by atoms with Gasteiger partial charge < -0.3 is 4.90 Å². The first-order valence-electron chi connectivity index (χ1n) is 9.79. The van der Waals surface area contributed by atoms with Crippen molar-refractivity contribution < 1.29 is 4.79 Å². The molecule has 0 aromatic carbocycles. The van der Waals surface area contributed by atoms with Gasteiger partial charge in [-0.1, -0.05) is 20.3 Å². The second-order valence-electron chi connectivity index (χ2n) is 7.18. The Labute approximate surface area is 149 Å². The fourth-order valence-corrected chi connectivity index (χ4v) is 4.30. The van der Waals surface area contributed by atoms with Gasteiger partial charge in [-0.2, -0.15) is 5.10 Å². The average Bonchev–Trinajstić information content (AvgIpc) is 3.28. The van der Waals surface area contributed by atoms with Crippen molar-refractivity contribution in [3.8, 4) is 0 Å². The van der Waals surface area contributed by atoms with E-state index in [1.54, 1.807) is 6.07 Å². The summed E-state index contributed by atoms with van der Waals surface area (Å²) in [6.07, 6.45) is 6.41. The van der Waals surface area contributed by atoms with E-state index in [1.807, 2.05) is 4.90 Å². The summed E-state index contributed by atoms with van der Waals surface area (Å²) in [5, 5.41) is 4.35. The first kappa shape index (κ1) is 18.1. The van der Waals surface area contributed by atoms with Gasteiger partial charge in [-0.25, -0.2) is 4.68 Å². The van der Waals surface area contributed by atoms with Crippen molar-refractivity contribution in [2.45, 2.75) is 71.0 Å². The summed E-state index contributed by atoms with van der Waals surface area (Å²) in [4.78, 5) is 29.5. The average molecular weight is 346 g/mol. The lowest BCUT2D eigenvalue weighted by atomic mass is 10.0. The van der Waals surface area contributed by atoms with E-state index in [0.29, 0.717) is 18.3 Å². The maximum absolute atomic E-state index is 13.1. The van der Waals surface area contributed by atoms with Crippen LogP contribution in [0.1, 0.15) is 62.9 Å². The van der Waals surface area contributed by atoms with E-state index in [0.717, 1.165) is 45.3 Å². The summed E-state index contributed by atoms with van der Waals surface area (Å²) in [5.41, 5.74) is 0.277. The molecule has 2 aliphatic heterocycles. The Morgan fingerprint density at radius 2 is 1.92 bits per heavy atom. The molecule has 2 atom stereocenters. The molecule has 1 aromatic rings. The second-order valence-corrected chi connectivity index (χ2v) is 7.18. The second kappa shape index (κ2) is 8.13. The zero-order valence-electron chi connectivity index (χ0n) is 15.5. The summed E-state index contributed by atoms with van der Waals surface area (Å²) in [5.74, 6) is -0.0179. The van der Waals surface area contributed by atoms with Crippen LogP contribution in [0, 0.1) is 0 Å². The van der Waals surface area contributed by atoms with Gasteiger partial charge in [0.15, 0.2) is 0 Å². The van der Waals surface area contributed by atoms with Crippen molar-refractivity contribution >= 4 is 5.91 Å². The minimum absolute atomic E-state index is 0.0179. The highest BCUT2D eigenvalue weighted by atomic mass is 16.2. The number of hydrogen-bond donors (Lipinski definition) is 0. The maximum atomic E-state index is 13.1. The lowest BCUT2D eigenvalue weighted by Crippen LogP contribution is -2.48. The Kier molecular flexibility index (Phi) is 5.89. The van der Waals surface area contributed by atoms with Gasteiger partial charge in [0.25, 0.3) is 11.5 Å². The number of aromatic nitrogens is 2. The van der Waals surface area contributed by atoms with Crippen LogP contribution in [0.25, 0.3) is 0 Å². The molecule has 0 saturated carbocycles. The Bertz CT molecular complexity index is 657. The minimum atomic E-state index is -0.129. The van der Waals surface area contributed by atoms with Crippen molar-refractivity contribution in [3.05, 3.63) is 28.2 Å². The molecule has 0 bridgehead atoms. The van der Waals surface area contributed by atoms with E-state index in [1.165, 1.54) is 23.6 Å². The van der Waals surface area contributed by atoms with Gasteiger partial charge in [0.05, 0.1) is 0 Å². The molecule has 0 radical (unpaired) electrons. The number of carbonyl (C=O) groups is 1. The summed E-state index contributed by atoms with van der Waals surface area (Å²) < 4.78 is 1.44. The molecule has 3 rings (SSSR count). The van der Waals surface area contributed by atoms with E-state index >= 15 is 0 Å². The summed E-state index contributed by atoms with van der Waals surface area (Å²) in [6, 6.07) is 3.83. The number of nitrogens with zero attached hydrogens (tertiary/aromatic N) is 4. The third-order valence-electron chi connectivity index (χ3n) is 5.63. The molecule has 2 fully saturated rings. The number of hydrogen-bond acceptors (Lipinski definition) is 4. The van der Waals surface area contributed by atoms with Gasteiger partial charge in [-0.05, 0) is 51.3 Å². The molecule has 0 aliphatic carbocycles. The molecule has 2 aliphatic rings. The normalized spacial score (nSPS) is 24.2. The van der Waals surface area contributed by atoms with Gasteiger partial charge in [0, 0.05) is 31.2 Å². The minimum Gasteiger partial charge on any atom is -0.333 e. The van der Waals surface area contributed by atoms with E-state index in [2.05, 4.69) is 23.8 Å². The van der Waals surface area contributed by atoms with Crippen molar-refractivity contribution in [2.75, 3.05) is 19.6 Å². The molecule has 0 spiro atoms. The molecule has 0 N–H and O–H groups in total. The van der Waals surface area contributed by atoms with Crippen LogP contribution < -0.4 is 5.56 Å². The highest BCUT2D eigenvalue weighted by molar-refractivity contribution is 5.92. The SMILES string of the molecule is CCCCn1nc(C(=O)N2CCC[C@H]2[C@@H]2CCCN2CC)ccc1=O. The highest BCUT2D eigenvalue weighted by Crippen LogP contribution is 2.30. The van der Waals surface area contributed by atoms with Crippen LogP contribution in [0.15, 0.2) is 16.9 Å².